The number of hydrogen-bond donors (Lipinski definition) is 2. The number of carbonyl (C=O) groups is 3. The van der Waals surface area contributed by atoms with Crippen molar-refractivity contribution in [3.63, 3.8) is 0 Å². The highest BCUT2D eigenvalue weighted by atomic mass is 16.6. The van der Waals surface area contributed by atoms with E-state index in [9.17, 15) is 19.5 Å². The average molecular weight is 334 g/mol. The quantitative estimate of drug-likeness (QED) is 0.880. The largest absolute Gasteiger partial charge is 0.478 e. The van der Waals surface area contributed by atoms with Gasteiger partial charge in [-0.1, -0.05) is 18.2 Å². The van der Waals surface area contributed by atoms with E-state index in [1.54, 1.807) is 39.0 Å². The van der Waals surface area contributed by atoms with Crippen LogP contribution in [0.4, 0.5) is 4.79 Å². The summed E-state index contributed by atoms with van der Waals surface area (Å²) in [5.74, 6) is -1.99. The van der Waals surface area contributed by atoms with E-state index < -0.39 is 29.2 Å². The molecule has 2 N–H and O–H groups in total. The predicted octanol–water partition coefficient (Wildman–Crippen LogP) is 2.23. The molecule has 1 heterocycles. The van der Waals surface area contributed by atoms with Gasteiger partial charge in [0.2, 0.25) is 5.66 Å². The van der Waals surface area contributed by atoms with E-state index in [-0.39, 0.29) is 12.0 Å². The number of benzene rings is 1. The number of nitrogens with one attached hydrogen (secondary N) is 1. The standard InChI is InChI=1S/C17H22N2O5/c1-16(2,3)24-15(23)19(13(20)12-8-5-4-6-9-12)17(14(21)22)10-7-11-18-17/h4-6,8-9,18H,7,10-11H2,1-3H3,(H,21,22)/t17-/m1/s1. The third-order valence-electron chi connectivity index (χ3n) is 3.67. The molecular weight excluding hydrogens is 312 g/mol. The molecule has 1 aromatic carbocycles. The molecule has 0 spiro atoms. The highest BCUT2D eigenvalue weighted by molar-refractivity contribution is 6.06. The van der Waals surface area contributed by atoms with Crippen molar-refractivity contribution in [3.05, 3.63) is 35.9 Å². The van der Waals surface area contributed by atoms with Gasteiger partial charge in [-0.2, -0.15) is 0 Å². The second-order valence-electron chi connectivity index (χ2n) is 6.68. The smallest absolute Gasteiger partial charge is 0.419 e. The number of ether oxygens (including phenoxy) is 1. The van der Waals surface area contributed by atoms with Gasteiger partial charge in [0.1, 0.15) is 5.60 Å². The lowest BCUT2D eigenvalue weighted by atomic mass is 10.0. The minimum Gasteiger partial charge on any atom is -0.478 e. The van der Waals surface area contributed by atoms with Crippen LogP contribution < -0.4 is 5.32 Å². The third kappa shape index (κ3) is 3.56. The molecule has 7 heteroatoms. The molecule has 0 aromatic heterocycles. The molecule has 2 rings (SSSR count). The molecular formula is C17H22N2O5. The van der Waals surface area contributed by atoms with Crippen molar-refractivity contribution in [3.8, 4) is 0 Å². The summed E-state index contributed by atoms with van der Waals surface area (Å²) in [6, 6.07) is 8.09. The van der Waals surface area contributed by atoms with E-state index >= 15 is 0 Å². The van der Waals surface area contributed by atoms with Gasteiger partial charge in [0.15, 0.2) is 0 Å². The molecule has 1 saturated heterocycles. The Kier molecular flexibility index (Phi) is 4.94. The molecule has 24 heavy (non-hydrogen) atoms. The van der Waals surface area contributed by atoms with Gasteiger partial charge < -0.3 is 9.84 Å². The van der Waals surface area contributed by atoms with E-state index in [4.69, 9.17) is 4.74 Å². The van der Waals surface area contributed by atoms with Crippen molar-refractivity contribution in [2.24, 2.45) is 0 Å². The van der Waals surface area contributed by atoms with Crippen LogP contribution in [0.15, 0.2) is 30.3 Å². The maximum absolute atomic E-state index is 12.9. The number of imide groups is 1. The molecule has 0 unspecified atom stereocenters. The van der Waals surface area contributed by atoms with Crippen LogP contribution in [0.1, 0.15) is 44.0 Å². The Labute approximate surface area is 140 Å². The van der Waals surface area contributed by atoms with Crippen molar-refractivity contribution in [1.29, 1.82) is 0 Å². The van der Waals surface area contributed by atoms with Gasteiger partial charge in [0, 0.05) is 5.56 Å². The van der Waals surface area contributed by atoms with Gasteiger partial charge in [-0.05, 0) is 52.3 Å². The van der Waals surface area contributed by atoms with Crippen molar-refractivity contribution in [2.75, 3.05) is 6.54 Å². The van der Waals surface area contributed by atoms with Crippen molar-refractivity contribution in [2.45, 2.75) is 44.9 Å². The fraction of sp³-hybridized carbons (Fsp3) is 0.471. The summed E-state index contributed by atoms with van der Waals surface area (Å²) in [4.78, 5) is 38.1. The fourth-order valence-corrected chi connectivity index (χ4v) is 2.63. The van der Waals surface area contributed by atoms with Crippen LogP contribution in [0, 0.1) is 0 Å². The van der Waals surface area contributed by atoms with E-state index in [0.717, 1.165) is 0 Å². The van der Waals surface area contributed by atoms with Crippen LogP contribution in [0.25, 0.3) is 0 Å². The Morgan fingerprint density at radius 1 is 1.21 bits per heavy atom. The summed E-state index contributed by atoms with van der Waals surface area (Å²) in [6.45, 7) is 5.37. The van der Waals surface area contributed by atoms with Crippen molar-refractivity contribution >= 4 is 18.0 Å². The third-order valence-corrected chi connectivity index (χ3v) is 3.67. The lowest BCUT2D eigenvalue weighted by Gasteiger charge is -2.37. The lowest BCUT2D eigenvalue weighted by molar-refractivity contribution is -0.150. The second kappa shape index (κ2) is 6.60. The van der Waals surface area contributed by atoms with E-state index in [0.29, 0.717) is 17.9 Å². The fourth-order valence-electron chi connectivity index (χ4n) is 2.63. The van der Waals surface area contributed by atoms with Gasteiger partial charge in [0.25, 0.3) is 5.91 Å². The molecule has 1 aliphatic heterocycles. The molecule has 0 radical (unpaired) electrons. The summed E-state index contributed by atoms with van der Waals surface area (Å²) in [5, 5.41) is 12.5. The molecule has 0 aliphatic carbocycles. The number of rotatable bonds is 3. The number of nitrogens with zero attached hydrogens (tertiary/aromatic N) is 1. The van der Waals surface area contributed by atoms with Crippen LogP contribution in [0.5, 0.6) is 0 Å². The second-order valence-corrected chi connectivity index (χ2v) is 6.68. The minimum atomic E-state index is -1.80. The topological polar surface area (TPSA) is 95.9 Å². The summed E-state index contributed by atoms with van der Waals surface area (Å²) < 4.78 is 5.29. The van der Waals surface area contributed by atoms with Crippen molar-refractivity contribution < 1.29 is 24.2 Å². The monoisotopic (exact) mass is 334 g/mol. The van der Waals surface area contributed by atoms with Gasteiger partial charge in [-0.25, -0.2) is 14.5 Å². The number of carboxylic acids is 1. The maximum Gasteiger partial charge on any atom is 0.419 e. The van der Waals surface area contributed by atoms with Crippen molar-refractivity contribution in [1.82, 2.24) is 10.2 Å². The zero-order valence-electron chi connectivity index (χ0n) is 14.0. The number of aliphatic carboxylic acids is 1. The molecule has 0 saturated carbocycles. The van der Waals surface area contributed by atoms with Gasteiger partial charge in [-0.3, -0.25) is 10.1 Å². The molecule has 1 aliphatic rings. The van der Waals surface area contributed by atoms with Gasteiger partial charge >= 0.3 is 12.1 Å². The summed E-state index contributed by atoms with van der Waals surface area (Å²) in [6.07, 6.45) is -0.318. The SMILES string of the molecule is CC(C)(C)OC(=O)N(C(=O)c1ccccc1)[C@@]1(C(=O)O)CCCN1. The number of carbonyl (C=O) groups excluding carboxylic acids is 2. The van der Waals surface area contributed by atoms with Crippen LogP contribution in [0.2, 0.25) is 0 Å². The first-order chi connectivity index (χ1) is 11.2. The normalized spacial score (nSPS) is 20.5. The Balaban J connectivity index is 2.47. The van der Waals surface area contributed by atoms with Crippen LogP contribution in [-0.2, 0) is 9.53 Å². The molecule has 1 atom stereocenters. The number of hydrogen-bond acceptors (Lipinski definition) is 5. The summed E-state index contributed by atoms with van der Waals surface area (Å²) in [7, 11) is 0. The number of amides is 2. The number of carboxylic acid groups (broad SMARTS) is 1. The van der Waals surface area contributed by atoms with Crippen LogP contribution >= 0.6 is 0 Å². The van der Waals surface area contributed by atoms with E-state index in [2.05, 4.69) is 5.32 Å². The maximum atomic E-state index is 12.9. The van der Waals surface area contributed by atoms with Gasteiger partial charge in [-0.15, -0.1) is 0 Å². The molecule has 7 nitrogen and oxygen atoms in total. The Morgan fingerprint density at radius 2 is 1.83 bits per heavy atom. The molecule has 1 fully saturated rings. The lowest BCUT2D eigenvalue weighted by Crippen LogP contribution is -2.65. The van der Waals surface area contributed by atoms with Crippen LogP contribution in [0.3, 0.4) is 0 Å². The Bertz CT molecular complexity index is 630. The summed E-state index contributed by atoms with van der Waals surface area (Å²) >= 11 is 0. The zero-order chi connectivity index (χ0) is 18.0. The Morgan fingerprint density at radius 3 is 2.29 bits per heavy atom. The summed E-state index contributed by atoms with van der Waals surface area (Å²) in [5.41, 5.74) is -2.43. The van der Waals surface area contributed by atoms with Crippen LogP contribution in [-0.4, -0.2) is 45.8 Å². The van der Waals surface area contributed by atoms with Gasteiger partial charge in [0.05, 0.1) is 0 Å². The minimum absolute atomic E-state index is 0.125. The highest BCUT2D eigenvalue weighted by Crippen LogP contribution is 2.28. The highest BCUT2D eigenvalue weighted by Gasteiger charge is 2.53. The first kappa shape index (κ1) is 17.9. The molecule has 2 amide bonds. The first-order valence-electron chi connectivity index (χ1n) is 7.78. The molecule has 130 valence electrons. The predicted molar refractivity (Wildman–Crippen MR) is 86.4 cm³/mol. The average Bonchev–Trinajstić information content (AvgIpc) is 2.97. The Hall–Kier alpha value is -2.41. The van der Waals surface area contributed by atoms with E-state index in [1.807, 2.05) is 0 Å². The molecule has 1 aromatic rings. The van der Waals surface area contributed by atoms with E-state index in [1.165, 1.54) is 12.1 Å². The molecule has 0 bridgehead atoms. The first-order valence-corrected chi connectivity index (χ1v) is 7.78. The zero-order valence-corrected chi connectivity index (χ0v) is 14.0.